The molecule has 0 aliphatic heterocycles. The normalized spacial score (nSPS) is 10.2. The minimum absolute atomic E-state index is 0.0529. The maximum atomic E-state index is 13.8. The third kappa shape index (κ3) is 3.09. The maximum Gasteiger partial charge on any atom is 0.145 e. The minimum atomic E-state index is -0.651. The summed E-state index contributed by atoms with van der Waals surface area (Å²) in [6.45, 7) is -0.0529. The number of nitrogens with one attached hydrogen (secondary N) is 1. The second-order valence-corrected chi connectivity index (χ2v) is 5.24. The average molecular weight is 358 g/mol. The predicted octanol–water partition coefficient (Wildman–Crippen LogP) is 4.86. The lowest BCUT2D eigenvalue weighted by Gasteiger charge is -2.11. The van der Waals surface area contributed by atoms with Gasteiger partial charge in [0.25, 0.3) is 0 Å². The Balaban J connectivity index is 2.22. The summed E-state index contributed by atoms with van der Waals surface area (Å²) < 4.78 is 27.6. The van der Waals surface area contributed by atoms with Crippen LogP contribution >= 0.6 is 27.5 Å². The molecule has 2 aromatic rings. The summed E-state index contributed by atoms with van der Waals surface area (Å²) in [6, 6.07) is 9.10. The molecule has 0 aliphatic rings. The van der Waals surface area contributed by atoms with E-state index in [1.807, 2.05) is 6.07 Å². The van der Waals surface area contributed by atoms with Crippen molar-refractivity contribution < 1.29 is 8.78 Å². The molecule has 0 saturated heterocycles. The Labute approximate surface area is 128 Å². The Hall–Kier alpha value is -1.64. The van der Waals surface area contributed by atoms with Crippen molar-refractivity contribution in [3.8, 4) is 6.07 Å². The average Bonchev–Trinajstić information content (AvgIpc) is 2.44. The summed E-state index contributed by atoms with van der Waals surface area (Å²) in [4.78, 5) is 0. The van der Waals surface area contributed by atoms with E-state index in [1.54, 1.807) is 12.1 Å². The summed E-state index contributed by atoms with van der Waals surface area (Å²) in [5.41, 5.74) is 0.838. The Bertz CT molecular complexity index is 698. The molecule has 0 bridgehead atoms. The zero-order valence-corrected chi connectivity index (χ0v) is 12.4. The number of nitriles is 1. The van der Waals surface area contributed by atoms with Gasteiger partial charge in [0.2, 0.25) is 0 Å². The molecule has 20 heavy (non-hydrogen) atoms. The number of hydrogen-bond donors (Lipinski definition) is 1. The molecule has 0 fully saturated rings. The molecule has 0 saturated carbocycles. The fraction of sp³-hybridized carbons (Fsp3) is 0.0714. The van der Waals surface area contributed by atoms with Crippen molar-refractivity contribution in [1.82, 2.24) is 0 Å². The summed E-state index contributed by atoms with van der Waals surface area (Å²) >= 11 is 8.98. The second-order valence-electron chi connectivity index (χ2n) is 3.98. The van der Waals surface area contributed by atoms with Gasteiger partial charge < -0.3 is 5.32 Å². The molecular formula is C14H8BrClF2N2. The Morgan fingerprint density at radius 3 is 2.65 bits per heavy atom. The molecule has 0 spiro atoms. The first-order valence-corrected chi connectivity index (χ1v) is 6.76. The number of anilines is 1. The van der Waals surface area contributed by atoms with Gasteiger partial charge in [0.15, 0.2) is 0 Å². The first-order valence-electron chi connectivity index (χ1n) is 5.59. The highest BCUT2D eigenvalue weighted by Crippen LogP contribution is 2.26. The van der Waals surface area contributed by atoms with Crippen molar-refractivity contribution >= 4 is 33.2 Å². The Kier molecular flexibility index (Phi) is 4.58. The monoisotopic (exact) mass is 356 g/mol. The van der Waals surface area contributed by atoms with Crippen LogP contribution in [0.15, 0.2) is 34.8 Å². The minimum Gasteiger partial charge on any atom is -0.380 e. The van der Waals surface area contributed by atoms with Crippen molar-refractivity contribution in [2.75, 3.05) is 5.32 Å². The van der Waals surface area contributed by atoms with Crippen LogP contribution in [0.5, 0.6) is 0 Å². The van der Waals surface area contributed by atoms with E-state index < -0.39 is 11.6 Å². The molecule has 0 atom stereocenters. The Morgan fingerprint density at radius 2 is 2.00 bits per heavy atom. The first-order chi connectivity index (χ1) is 9.52. The molecule has 0 unspecified atom stereocenters. The van der Waals surface area contributed by atoms with Gasteiger partial charge in [-0.3, -0.25) is 0 Å². The van der Waals surface area contributed by atoms with Crippen LogP contribution < -0.4 is 5.32 Å². The molecule has 0 aromatic heterocycles. The van der Waals surface area contributed by atoms with E-state index in [0.717, 1.165) is 0 Å². The molecule has 0 amide bonds. The van der Waals surface area contributed by atoms with Crippen LogP contribution in [0.25, 0.3) is 0 Å². The molecule has 0 aliphatic carbocycles. The van der Waals surface area contributed by atoms with Crippen LogP contribution in [0.4, 0.5) is 14.5 Å². The van der Waals surface area contributed by atoms with Gasteiger partial charge >= 0.3 is 0 Å². The predicted molar refractivity (Wildman–Crippen MR) is 77.6 cm³/mol. The van der Waals surface area contributed by atoms with Crippen LogP contribution in [-0.2, 0) is 6.54 Å². The largest absolute Gasteiger partial charge is 0.380 e. The quantitative estimate of drug-likeness (QED) is 0.796. The smallest absolute Gasteiger partial charge is 0.145 e. The SMILES string of the molecule is N#Cc1ccc(NCc2c(F)ccc(Br)c2F)c(Cl)c1. The number of rotatable bonds is 3. The maximum absolute atomic E-state index is 13.8. The van der Waals surface area contributed by atoms with Gasteiger partial charge in [-0.25, -0.2) is 8.78 Å². The van der Waals surface area contributed by atoms with Crippen LogP contribution in [0.3, 0.4) is 0 Å². The van der Waals surface area contributed by atoms with Gasteiger partial charge in [0, 0.05) is 12.1 Å². The van der Waals surface area contributed by atoms with E-state index in [9.17, 15) is 8.78 Å². The van der Waals surface area contributed by atoms with Gasteiger partial charge in [-0.15, -0.1) is 0 Å². The summed E-state index contributed by atoms with van der Waals surface area (Å²) in [6.07, 6.45) is 0. The Morgan fingerprint density at radius 1 is 1.25 bits per heavy atom. The highest BCUT2D eigenvalue weighted by molar-refractivity contribution is 9.10. The third-order valence-electron chi connectivity index (χ3n) is 2.69. The summed E-state index contributed by atoms with van der Waals surface area (Å²) in [7, 11) is 0. The molecule has 2 aromatic carbocycles. The summed E-state index contributed by atoms with van der Waals surface area (Å²) in [5, 5.41) is 11.9. The van der Waals surface area contributed by atoms with Crippen molar-refractivity contribution in [2.24, 2.45) is 0 Å². The lowest BCUT2D eigenvalue weighted by atomic mass is 10.2. The number of nitrogens with zero attached hydrogens (tertiary/aromatic N) is 1. The molecule has 2 rings (SSSR count). The molecular weight excluding hydrogens is 350 g/mol. The van der Waals surface area contributed by atoms with Gasteiger partial charge in [-0.1, -0.05) is 11.6 Å². The molecule has 0 radical (unpaired) electrons. The van der Waals surface area contributed by atoms with E-state index in [2.05, 4.69) is 21.2 Å². The van der Waals surface area contributed by atoms with E-state index >= 15 is 0 Å². The molecule has 102 valence electrons. The molecule has 2 nitrogen and oxygen atoms in total. The van der Waals surface area contributed by atoms with Gasteiger partial charge in [0.05, 0.1) is 26.8 Å². The topological polar surface area (TPSA) is 35.8 Å². The lowest BCUT2D eigenvalue weighted by molar-refractivity contribution is 0.555. The van der Waals surface area contributed by atoms with Crippen molar-refractivity contribution in [1.29, 1.82) is 5.26 Å². The first kappa shape index (κ1) is 14.8. The number of halogens is 4. The molecule has 1 N–H and O–H groups in total. The van der Waals surface area contributed by atoms with Crippen molar-refractivity contribution in [2.45, 2.75) is 6.54 Å². The van der Waals surface area contributed by atoms with Crippen molar-refractivity contribution in [3.63, 3.8) is 0 Å². The number of hydrogen-bond acceptors (Lipinski definition) is 2. The van der Waals surface area contributed by atoms with Crippen LogP contribution in [-0.4, -0.2) is 0 Å². The summed E-state index contributed by atoms with van der Waals surface area (Å²) in [5.74, 6) is -1.29. The van der Waals surface area contributed by atoms with E-state index in [4.69, 9.17) is 16.9 Å². The van der Waals surface area contributed by atoms with Crippen LogP contribution in [0, 0.1) is 23.0 Å². The van der Waals surface area contributed by atoms with E-state index in [-0.39, 0.29) is 16.6 Å². The van der Waals surface area contributed by atoms with Gasteiger partial charge in [0.1, 0.15) is 11.6 Å². The van der Waals surface area contributed by atoms with Crippen LogP contribution in [0.2, 0.25) is 5.02 Å². The van der Waals surface area contributed by atoms with E-state index in [0.29, 0.717) is 16.3 Å². The van der Waals surface area contributed by atoms with E-state index in [1.165, 1.54) is 18.2 Å². The van der Waals surface area contributed by atoms with Crippen molar-refractivity contribution in [3.05, 3.63) is 62.6 Å². The zero-order valence-electron chi connectivity index (χ0n) is 10.1. The standard InChI is InChI=1S/C14H8BrClF2N2/c15-10-2-3-12(17)9(14(10)18)7-20-13-4-1-8(6-19)5-11(13)16/h1-5,20H,7H2. The highest BCUT2D eigenvalue weighted by atomic mass is 79.9. The highest BCUT2D eigenvalue weighted by Gasteiger charge is 2.12. The van der Waals surface area contributed by atoms with Gasteiger partial charge in [-0.2, -0.15) is 5.26 Å². The fourth-order valence-corrected chi connectivity index (χ4v) is 2.26. The fourth-order valence-electron chi connectivity index (χ4n) is 1.64. The third-order valence-corrected chi connectivity index (χ3v) is 3.62. The zero-order chi connectivity index (χ0) is 14.7. The molecule has 0 heterocycles. The van der Waals surface area contributed by atoms with Crippen LogP contribution in [0.1, 0.15) is 11.1 Å². The lowest BCUT2D eigenvalue weighted by Crippen LogP contribution is -2.05. The molecule has 6 heteroatoms. The van der Waals surface area contributed by atoms with Gasteiger partial charge in [-0.05, 0) is 46.3 Å². The second kappa shape index (κ2) is 6.21. The number of benzene rings is 2.